The number of pyridine rings is 1. The Bertz CT molecular complexity index is 665. The largest absolute Gasteiger partial charge is 0.426 e. The van der Waals surface area contributed by atoms with Crippen molar-refractivity contribution < 1.29 is 4.42 Å². The van der Waals surface area contributed by atoms with Gasteiger partial charge in [-0.25, -0.2) is 0 Å². The van der Waals surface area contributed by atoms with Crippen molar-refractivity contribution in [2.45, 2.75) is 57.5 Å². The van der Waals surface area contributed by atoms with E-state index in [9.17, 15) is 0 Å². The van der Waals surface area contributed by atoms with Gasteiger partial charge >= 0.3 is 0 Å². The fourth-order valence-electron chi connectivity index (χ4n) is 4.27. The molecule has 2 aliphatic rings. The lowest BCUT2D eigenvalue weighted by Gasteiger charge is -2.35. The number of nitrogens with one attached hydrogen (secondary N) is 1. The normalized spacial score (nSPS) is 24.8. The molecule has 3 heterocycles. The van der Waals surface area contributed by atoms with Crippen molar-refractivity contribution in [2.75, 3.05) is 18.0 Å². The van der Waals surface area contributed by atoms with E-state index in [-0.39, 0.29) is 0 Å². The number of hydrogen-bond acceptors (Lipinski definition) is 6. The highest BCUT2D eigenvalue weighted by molar-refractivity contribution is 5.44. The number of aromatic nitrogens is 3. The Balaban J connectivity index is 1.21. The fraction of sp³-hybridized carbons (Fsp3) is 0.632. The Morgan fingerprint density at radius 3 is 2.60 bits per heavy atom. The maximum atomic E-state index is 5.53. The van der Waals surface area contributed by atoms with Crippen LogP contribution in [0.5, 0.6) is 0 Å². The van der Waals surface area contributed by atoms with Crippen LogP contribution in [0.15, 0.2) is 28.9 Å². The molecule has 0 radical (unpaired) electrons. The van der Waals surface area contributed by atoms with Crippen LogP contribution in [0.1, 0.15) is 43.9 Å². The molecule has 2 aromatic rings. The molecule has 2 aromatic heterocycles. The Kier molecular flexibility index (Phi) is 4.97. The summed E-state index contributed by atoms with van der Waals surface area (Å²) >= 11 is 0. The van der Waals surface area contributed by atoms with E-state index in [4.69, 9.17) is 4.42 Å². The van der Waals surface area contributed by atoms with Crippen LogP contribution >= 0.6 is 0 Å². The van der Waals surface area contributed by atoms with E-state index in [1.165, 1.54) is 37.8 Å². The zero-order valence-electron chi connectivity index (χ0n) is 14.9. The average Bonchev–Trinajstić information content (AvgIpc) is 3.25. The van der Waals surface area contributed by atoms with Crippen LogP contribution in [0.4, 0.5) is 5.69 Å². The quantitative estimate of drug-likeness (QED) is 0.902. The molecule has 0 amide bonds. The third-order valence-corrected chi connectivity index (χ3v) is 5.57. The lowest BCUT2D eigenvalue weighted by Crippen LogP contribution is -2.45. The molecule has 4 rings (SSSR count). The summed E-state index contributed by atoms with van der Waals surface area (Å²) in [6.07, 6.45) is 10.9. The standard InChI is InChI=1S/C19H27N5O/c1-14-22-23-19(25-14)13-15-2-3-17(12-15)21-16-6-10-24(11-7-16)18-4-8-20-9-5-18/h4-5,8-9,15-17,21H,2-3,6-7,10-13H2,1H3/t15-,17+/m1/s1. The maximum absolute atomic E-state index is 5.53. The minimum Gasteiger partial charge on any atom is -0.426 e. The zero-order chi connectivity index (χ0) is 17.1. The number of nitrogens with zero attached hydrogens (tertiary/aromatic N) is 4. The van der Waals surface area contributed by atoms with Gasteiger partial charge in [0, 0.05) is 56.6 Å². The van der Waals surface area contributed by atoms with Gasteiger partial charge in [0.25, 0.3) is 0 Å². The highest BCUT2D eigenvalue weighted by atomic mass is 16.4. The second-order valence-corrected chi connectivity index (χ2v) is 7.43. The predicted molar refractivity (Wildman–Crippen MR) is 96.5 cm³/mol. The van der Waals surface area contributed by atoms with Gasteiger partial charge < -0.3 is 14.6 Å². The first-order valence-corrected chi connectivity index (χ1v) is 9.46. The van der Waals surface area contributed by atoms with Crippen LogP contribution in [-0.4, -0.2) is 40.4 Å². The van der Waals surface area contributed by atoms with Gasteiger partial charge in [0.15, 0.2) is 0 Å². The summed E-state index contributed by atoms with van der Waals surface area (Å²) in [5.41, 5.74) is 1.30. The van der Waals surface area contributed by atoms with E-state index in [2.05, 4.69) is 37.5 Å². The third kappa shape index (κ3) is 4.18. The summed E-state index contributed by atoms with van der Waals surface area (Å²) < 4.78 is 5.53. The fourth-order valence-corrected chi connectivity index (χ4v) is 4.27. The van der Waals surface area contributed by atoms with E-state index in [0.29, 0.717) is 23.9 Å². The molecule has 0 spiro atoms. The van der Waals surface area contributed by atoms with E-state index in [0.717, 1.165) is 25.4 Å². The molecule has 1 saturated heterocycles. The molecule has 1 N–H and O–H groups in total. The summed E-state index contributed by atoms with van der Waals surface area (Å²) in [5.74, 6) is 2.15. The minimum atomic E-state index is 0.645. The Labute approximate surface area is 149 Å². The van der Waals surface area contributed by atoms with Crippen LogP contribution in [0, 0.1) is 12.8 Å². The maximum Gasteiger partial charge on any atom is 0.216 e. The van der Waals surface area contributed by atoms with Crippen molar-refractivity contribution in [1.29, 1.82) is 0 Å². The zero-order valence-corrected chi connectivity index (χ0v) is 14.9. The van der Waals surface area contributed by atoms with Gasteiger partial charge in [0.1, 0.15) is 0 Å². The SMILES string of the molecule is Cc1nnc(C[C@@H]2CC[C@H](NC3CCN(c4ccncc4)CC3)C2)o1. The predicted octanol–water partition coefficient (Wildman–Crippen LogP) is 2.74. The van der Waals surface area contributed by atoms with Crippen LogP contribution in [0.3, 0.4) is 0 Å². The number of aryl methyl sites for hydroxylation is 1. The second-order valence-electron chi connectivity index (χ2n) is 7.43. The van der Waals surface area contributed by atoms with Crippen molar-refractivity contribution in [2.24, 2.45) is 5.92 Å². The van der Waals surface area contributed by atoms with Gasteiger partial charge in [-0.15, -0.1) is 10.2 Å². The summed E-state index contributed by atoms with van der Waals surface area (Å²) in [5, 5.41) is 12.0. The van der Waals surface area contributed by atoms with Gasteiger partial charge in [-0.2, -0.15) is 0 Å². The molecule has 2 atom stereocenters. The third-order valence-electron chi connectivity index (χ3n) is 5.57. The number of anilines is 1. The first-order valence-electron chi connectivity index (χ1n) is 9.46. The highest BCUT2D eigenvalue weighted by Gasteiger charge is 2.29. The van der Waals surface area contributed by atoms with Crippen molar-refractivity contribution >= 4 is 5.69 Å². The second kappa shape index (κ2) is 7.52. The molecular weight excluding hydrogens is 314 g/mol. The van der Waals surface area contributed by atoms with Gasteiger partial charge in [0.05, 0.1) is 0 Å². The molecule has 1 aliphatic heterocycles. The summed E-state index contributed by atoms with van der Waals surface area (Å²) in [7, 11) is 0. The van der Waals surface area contributed by atoms with Gasteiger partial charge in [-0.1, -0.05) is 0 Å². The molecule has 134 valence electrons. The van der Waals surface area contributed by atoms with E-state index in [1.807, 2.05) is 19.3 Å². The highest BCUT2D eigenvalue weighted by Crippen LogP contribution is 2.29. The Morgan fingerprint density at radius 2 is 1.88 bits per heavy atom. The summed E-state index contributed by atoms with van der Waals surface area (Å²) in [6.45, 7) is 4.10. The average molecular weight is 341 g/mol. The molecular formula is C19H27N5O. The lowest BCUT2D eigenvalue weighted by atomic mass is 10.0. The molecule has 25 heavy (non-hydrogen) atoms. The Morgan fingerprint density at radius 1 is 1.08 bits per heavy atom. The lowest BCUT2D eigenvalue weighted by molar-refractivity contribution is 0.356. The van der Waals surface area contributed by atoms with Crippen molar-refractivity contribution in [3.05, 3.63) is 36.3 Å². The van der Waals surface area contributed by atoms with Crippen LogP contribution < -0.4 is 10.2 Å². The van der Waals surface area contributed by atoms with Crippen molar-refractivity contribution in [3.8, 4) is 0 Å². The number of hydrogen-bond donors (Lipinski definition) is 1. The van der Waals surface area contributed by atoms with Gasteiger partial charge in [-0.3, -0.25) is 4.98 Å². The minimum absolute atomic E-state index is 0.645. The topological polar surface area (TPSA) is 67.1 Å². The van der Waals surface area contributed by atoms with Gasteiger partial charge in [0.2, 0.25) is 11.8 Å². The van der Waals surface area contributed by atoms with Crippen molar-refractivity contribution in [3.63, 3.8) is 0 Å². The summed E-state index contributed by atoms with van der Waals surface area (Å²) in [6, 6.07) is 5.50. The first kappa shape index (κ1) is 16.5. The molecule has 6 heteroatoms. The monoisotopic (exact) mass is 341 g/mol. The molecule has 0 aromatic carbocycles. The number of piperidine rings is 1. The smallest absolute Gasteiger partial charge is 0.216 e. The van der Waals surface area contributed by atoms with E-state index in [1.54, 1.807) is 0 Å². The molecule has 6 nitrogen and oxygen atoms in total. The first-order chi connectivity index (χ1) is 12.3. The molecule has 0 unspecified atom stereocenters. The van der Waals surface area contributed by atoms with Crippen molar-refractivity contribution in [1.82, 2.24) is 20.5 Å². The van der Waals surface area contributed by atoms with Crippen LogP contribution in [-0.2, 0) is 6.42 Å². The molecule has 2 fully saturated rings. The molecule has 1 aliphatic carbocycles. The van der Waals surface area contributed by atoms with Gasteiger partial charge in [-0.05, 0) is 50.2 Å². The molecule has 0 bridgehead atoms. The van der Waals surface area contributed by atoms with E-state index >= 15 is 0 Å². The number of rotatable bonds is 5. The molecule has 1 saturated carbocycles. The van der Waals surface area contributed by atoms with E-state index < -0.39 is 0 Å². The Hall–Kier alpha value is -1.95. The van der Waals surface area contributed by atoms with Crippen LogP contribution in [0.2, 0.25) is 0 Å². The van der Waals surface area contributed by atoms with Crippen LogP contribution in [0.25, 0.3) is 0 Å². The summed E-state index contributed by atoms with van der Waals surface area (Å²) in [4.78, 5) is 6.58.